The van der Waals surface area contributed by atoms with E-state index >= 15 is 0 Å². The Hall–Kier alpha value is -2.67. The van der Waals surface area contributed by atoms with Gasteiger partial charge in [-0.3, -0.25) is 14.5 Å². The minimum Gasteiger partial charge on any atom is -0.478 e. The van der Waals surface area contributed by atoms with Crippen LogP contribution < -0.4 is 5.32 Å². The van der Waals surface area contributed by atoms with Gasteiger partial charge in [0.25, 0.3) is 0 Å². The summed E-state index contributed by atoms with van der Waals surface area (Å²) in [6, 6.07) is 8.80. The Morgan fingerprint density at radius 1 is 1.17 bits per heavy atom. The molecular formula is C28H43N3O4. The minimum absolute atomic E-state index is 0.00526. The maximum Gasteiger partial charge on any atom is 0.331 e. The number of hydrogen-bond donors (Lipinski definition) is 2. The van der Waals surface area contributed by atoms with Gasteiger partial charge in [-0.25, -0.2) is 4.79 Å². The van der Waals surface area contributed by atoms with Crippen LogP contribution in [-0.2, 0) is 14.4 Å². The fourth-order valence-electron chi connectivity index (χ4n) is 4.73. The molecule has 0 unspecified atom stereocenters. The van der Waals surface area contributed by atoms with Crippen molar-refractivity contribution in [3.63, 3.8) is 0 Å². The Morgan fingerprint density at radius 2 is 1.77 bits per heavy atom. The molecule has 194 valence electrons. The number of amides is 2. The van der Waals surface area contributed by atoms with Gasteiger partial charge in [0, 0.05) is 12.6 Å². The third-order valence-electron chi connectivity index (χ3n) is 7.08. The van der Waals surface area contributed by atoms with E-state index in [1.165, 1.54) is 12.5 Å². The largest absolute Gasteiger partial charge is 0.478 e. The zero-order valence-corrected chi connectivity index (χ0v) is 22.5. The predicted octanol–water partition coefficient (Wildman–Crippen LogP) is 3.91. The molecule has 1 aromatic carbocycles. The lowest BCUT2D eigenvalue weighted by atomic mass is 9.83. The summed E-state index contributed by atoms with van der Waals surface area (Å²) in [5.41, 5.74) is 0.901. The van der Waals surface area contributed by atoms with Gasteiger partial charge in [-0.15, -0.1) is 0 Å². The third kappa shape index (κ3) is 7.40. The molecule has 7 nitrogen and oxygen atoms in total. The van der Waals surface area contributed by atoms with E-state index in [9.17, 15) is 19.5 Å². The van der Waals surface area contributed by atoms with Crippen LogP contribution >= 0.6 is 0 Å². The molecule has 7 heteroatoms. The molecule has 1 aliphatic heterocycles. The highest BCUT2D eigenvalue weighted by Gasteiger charge is 2.40. The standard InChI is InChI=1S/C28H43N3O4/c1-18(2)22(16-19(3)27(34)35)31(8)26(33)24(28(4,5)6)29-25(32)23-17-21(14-15-30(23)7)20-12-10-9-11-13-20/h9-13,16,18,21-24H,14-15,17H2,1-8H3,(H,29,32)(H,34,35)/b19-16+/t21-,22+,23+,24+/m0/s1. The smallest absolute Gasteiger partial charge is 0.331 e. The zero-order valence-electron chi connectivity index (χ0n) is 22.5. The van der Waals surface area contributed by atoms with E-state index in [0.29, 0.717) is 12.3 Å². The lowest BCUT2D eigenvalue weighted by Gasteiger charge is -2.40. The molecule has 0 spiro atoms. The van der Waals surface area contributed by atoms with Gasteiger partial charge in [0.05, 0.1) is 12.1 Å². The summed E-state index contributed by atoms with van der Waals surface area (Å²) < 4.78 is 0. The molecule has 2 N–H and O–H groups in total. The minimum atomic E-state index is -1.01. The molecule has 1 aliphatic rings. The van der Waals surface area contributed by atoms with Crippen molar-refractivity contribution in [2.75, 3.05) is 20.6 Å². The van der Waals surface area contributed by atoms with Crippen LogP contribution in [-0.4, -0.2) is 71.5 Å². The summed E-state index contributed by atoms with van der Waals surface area (Å²) in [5.74, 6) is -1.08. The van der Waals surface area contributed by atoms with Crippen molar-refractivity contribution in [3.05, 3.63) is 47.5 Å². The number of piperidine rings is 1. The number of carbonyl (C=O) groups is 3. The van der Waals surface area contributed by atoms with Gasteiger partial charge in [0.1, 0.15) is 6.04 Å². The predicted molar refractivity (Wildman–Crippen MR) is 139 cm³/mol. The third-order valence-corrected chi connectivity index (χ3v) is 7.08. The Kier molecular flexibility index (Phi) is 9.67. The number of likely N-dealkylation sites (N-methyl/N-ethyl adjacent to an activating group) is 2. The Labute approximate surface area is 210 Å². The lowest BCUT2D eigenvalue weighted by Crippen LogP contribution is -2.60. The van der Waals surface area contributed by atoms with Crippen LogP contribution in [0.25, 0.3) is 0 Å². The van der Waals surface area contributed by atoms with Crippen molar-refractivity contribution in [2.45, 2.75) is 78.4 Å². The molecule has 0 radical (unpaired) electrons. The molecule has 4 atom stereocenters. The van der Waals surface area contributed by atoms with E-state index in [2.05, 4.69) is 22.3 Å². The second kappa shape index (κ2) is 11.8. The first kappa shape index (κ1) is 28.6. The average molecular weight is 486 g/mol. The molecular weight excluding hydrogens is 442 g/mol. The summed E-state index contributed by atoms with van der Waals surface area (Å²) in [4.78, 5) is 42.3. The number of nitrogens with one attached hydrogen (secondary N) is 1. The van der Waals surface area contributed by atoms with E-state index in [-0.39, 0.29) is 29.3 Å². The molecule has 35 heavy (non-hydrogen) atoms. The van der Waals surface area contributed by atoms with Crippen LogP contribution in [0.4, 0.5) is 0 Å². The highest BCUT2D eigenvalue weighted by molar-refractivity contribution is 5.91. The van der Waals surface area contributed by atoms with Gasteiger partial charge in [0.15, 0.2) is 0 Å². The van der Waals surface area contributed by atoms with Gasteiger partial charge in [-0.1, -0.05) is 71.0 Å². The number of carboxylic acids is 1. The number of carboxylic acid groups (broad SMARTS) is 1. The number of benzene rings is 1. The summed E-state index contributed by atoms with van der Waals surface area (Å²) in [6.07, 6.45) is 3.30. The zero-order chi connectivity index (χ0) is 26.5. The van der Waals surface area contributed by atoms with Crippen LogP contribution in [0.15, 0.2) is 42.0 Å². The summed E-state index contributed by atoms with van der Waals surface area (Å²) in [6.45, 7) is 12.0. The SMILES string of the molecule is C/C(=C\[C@H](C(C)C)N(C)C(=O)[C@@H](NC(=O)[C@H]1C[C@@H](c2ccccc2)CCN1C)C(C)(C)C)C(=O)O. The quantitative estimate of drug-likeness (QED) is 0.545. The van der Waals surface area contributed by atoms with Crippen molar-refractivity contribution < 1.29 is 19.5 Å². The maximum atomic E-state index is 13.7. The normalized spacial score (nSPS) is 21.3. The van der Waals surface area contributed by atoms with Crippen molar-refractivity contribution in [1.29, 1.82) is 0 Å². The van der Waals surface area contributed by atoms with Crippen LogP contribution in [0.2, 0.25) is 0 Å². The van der Waals surface area contributed by atoms with Crippen molar-refractivity contribution in [1.82, 2.24) is 15.1 Å². The summed E-state index contributed by atoms with van der Waals surface area (Å²) >= 11 is 0. The van der Waals surface area contributed by atoms with E-state index < -0.39 is 23.5 Å². The summed E-state index contributed by atoms with van der Waals surface area (Å²) in [7, 11) is 3.64. The molecule has 1 saturated heterocycles. The molecule has 0 bridgehead atoms. The van der Waals surface area contributed by atoms with Gasteiger partial charge in [-0.05, 0) is 56.2 Å². The molecule has 1 heterocycles. The second-order valence-corrected chi connectivity index (χ2v) is 11.3. The van der Waals surface area contributed by atoms with Gasteiger partial charge in [-0.2, -0.15) is 0 Å². The molecule has 1 aromatic rings. The van der Waals surface area contributed by atoms with Crippen molar-refractivity contribution >= 4 is 17.8 Å². The Morgan fingerprint density at radius 3 is 2.29 bits per heavy atom. The molecule has 1 fully saturated rings. The highest BCUT2D eigenvalue weighted by atomic mass is 16.4. The van der Waals surface area contributed by atoms with Gasteiger partial charge < -0.3 is 15.3 Å². The van der Waals surface area contributed by atoms with Gasteiger partial charge in [0.2, 0.25) is 11.8 Å². The number of rotatable bonds is 8. The second-order valence-electron chi connectivity index (χ2n) is 11.3. The molecule has 2 rings (SSSR count). The highest BCUT2D eigenvalue weighted by Crippen LogP contribution is 2.31. The molecule has 0 saturated carbocycles. The monoisotopic (exact) mass is 485 g/mol. The van der Waals surface area contributed by atoms with Crippen molar-refractivity contribution in [3.8, 4) is 0 Å². The first-order valence-electron chi connectivity index (χ1n) is 12.5. The summed E-state index contributed by atoms with van der Waals surface area (Å²) in [5, 5.41) is 12.4. The Bertz CT molecular complexity index is 920. The number of nitrogens with zero attached hydrogens (tertiary/aromatic N) is 2. The van der Waals surface area contributed by atoms with Crippen LogP contribution in [0.1, 0.15) is 65.9 Å². The lowest BCUT2D eigenvalue weighted by molar-refractivity contribution is -0.141. The molecule has 2 amide bonds. The maximum absolute atomic E-state index is 13.7. The number of likely N-dealkylation sites (tertiary alicyclic amines) is 1. The van der Waals surface area contributed by atoms with Crippen LogP contribution in [0.3, 0.4) is 0 Å². The fourth-order valence-corrected chi connectivity index (χ4v) is 4.73. The fraction of sp³-hybridized carbons (Fsp3) is 0.607. The Balaban J connectivity index is 2.25. The number of aliphatic carboxylic acids is 1. The van der Waals surface area contributed by atoms with Crippen LogP contribution in [0, 0.1) is 11.3 Å². The van der Waals surface area contributed by atoms with Crippen molar-refractivity contribution in [2.24, 2.45) is 11.3 Å². The van der Waals surface area contributed by atoms with E-state index in [1.807, 2.05) is 59.9 Å². The molecule has 0 aromatic heterocycles. The van der Waals surface area contributed by atoms with E-state index in [0.717, 1.165) is 13.0 Å². The number of carbonyl (C=O) groups excluding carboxylic acids is 2. The van der Waals surface area contributed by atoms with Gasteiger partial charge >= 0.3 is 5.97 Å². The van der Waals surface area contributed by atoms with E-state index in [1.54, 1.807) is 18.0 Å². The first-order valence-corrected chi connectivity index (χ1v) is 12.5. The van der Waals surface area contributed by atoms with Crippen LogP contribution in [0.5, 0.6) is 0 Å². The van der Waals surface area contributed by atoms with E-state index in [4.69, 9.17) is 0 Å². The topological polar surface area (TPSA) is 90.0 Å². The average Bonchev–Trinajstić information content (AvgIpc) is 2.79. The first-order chi connectivity index (χ1) is 16.2. The number of hydrogen-bond acceptors (Lipinski definition) is 4. The molecule has 0 aliphatic carbocycles.